The summed E-state index contributed by atoms with van der Waals surface area (Å²) in [5, 5.41) is 11.6. The summed E-state index contributed by atoms with van der Waals surface area (Å²) in [5.41, 5.74) is 0.727. The van der Waals surface area contributed by atoms with E-state index in [1.165, 1.54) is 12.1 Å². The van der Waals surface area contributed by atoms with Crippen LogP contribution in [-0.4, -0.2) is 23.7 Å². The summed E-state index contributed by atoms with van der Waals surface area (Å²) in [6.07, 6.45) is -0.916. The number of amides is 1. The van der Waals surface area contributed by atoms with E-state index in [0.717, 1.165) is 5.56 Å². The smallest absolute Gasteiger partial charge is 0.408 e. The van der Waals surface area contributed by atoms with E-state index in [2.05, 4.69) is 4.74 Å². The minimum atomic E-state index is -3.25. The second-order valence-corrected chi connectivity index (χ2v) is 3.98. The molecule has 0 saturated carbocycles. The van der Waals surface area contributed by atoms with Crippen LogP contribution in [0.15, 0.2) is 18.2 Å². The molecule has 4 nitrogen and oxygen atoms in total. The minimum absolute atomic E-state index is 0.0164. The van der Waals surface area contributed by atoms with Gasteiger partial charge in [-0.25, -0.2) is 13.6 Å². The van der Waals surface area contributed by atoms with Crippen LogP contribution in [0.1, 0.15) is 17.2 Å². The third-order valence-electron chi connectivity index (χ3n) is 2.58. The highest BCUT2D eigenvalue weighted by Gasteiger charge is 2.47. The Bertz CT molecular complexity index is 462. The molecule has 2 rings (SSSR count). The highest BCUT2D eigenvalue weighted by atomic mass is 19.3. The number of hydrogen-bond donors (Lipinski definition) is 2. The van der Waals surface area contributed by atoms with Gasteiger partial charge in [-0.2, -0.15) is 0 Å². The molecule has 0 radical (unpaired) electrons. The number of phenolic OH excluding ortho intramolecular Hbond substituents is 1. The maximum Gasteiger partial charge on any atom is 0.408 e. The number of alkyl carbamates (subject to hydrolysis) is 1. The number of carbonyl (C=O) groups is 1. The van der Waals surface area contributed by atoms with Crippen LogP contribution in [-0.2, 0) is 4.74 Å². The van der Waals surface area contributed by atoms with Crippen molar-refractivity contribution < 1.29 is 23.4 Å². The van der Waals surface area contributed by atoms with E-state index < -0.39 is 24.7 Å². The van der Waals surface area contributed by atoms with Gasteiger partial charge in [0.2, 0.25) is 0 Å². The fraction of sp³-hybridized carbons (Fsp3) is 0.364. The molecule has 0 aliphatic carbocycles. The van der Waals surface area contributed by atoms with Gasteiger partial charge in [0.1, 0.15) is 11.8 Å². The average molecular weight is 243 g/mol. The molecule has 1 aliphatic rings. The van der Waals surface area contributed by atoms with Gasteiger partial charge >= 0.3 is 12.0 Å². The zero-order chi connectivity index (χ0) is 12.6. The summed E-state index contributed by atoms with van der Waals surface area (Å²) < 4.78 is 31.3. The Balaban J connectivity index is 2.39. The first kappa shape index (κ1) is 11.6. The van der Waals surface area contributed by atoms with Crippen LogP contribution in [0.5, 0.6) is 5.75 Å². The van der Waals surface area contributed by atoms with Gasteiger partial charge in [0.15, 0.2) is 6.61 Å². The number of hydrogen-bond acceptors (Lipinski definition) is 3. The maximum atomic E-state index is 13.6. The van der Waals surface area contributed by atoms with E-state index in [9.17, 15) is 18.7 Å². The van der Waals surface area contributed by atoms with Crippen molar-refractivity contribution in [2.75, 3.05) is 6.61 Å². The van der Waals surface area contributed by atoms with Crippen molar-refractivity contribution >= 4 is 6.09 Å². The molecule has 6 heteroatoms. The monoisotopic (exact) mass is 243 g/mol. The number of halogens is 2. The van der Waals surface area contributed by atoms with Gasteiger partial charge in [0.05, 0.1) is 0 Å². The first-order valence-corrected chi connectivity index (χ1v) is 5.01. The highest BCUT2D eigenvalue weighted by Crippen LogP contribution is 2.38. The van der Waals surface area contributed by atoms with E-state index in [4.69, 9.17) is 0 Å². The molecule has 17 heavy (non-hydrogen) atoms. The van der Waals surface area contributed by atoms with E-state index in [1.54, 1.807) is 13.0 Å². The fourth-order valence-corrected chi connectivity index (χ4v) is 1.71. The molecule has 1 aromatic carbocycles. The first-order valence-electron chi connectivity index (χ1n) is 5.01. The molecular weight excluding hydrogens is 232 g/mol. The maximum absolute atomic E-state index is 13.6. The fourth-order valence-electron chi connectivity index (χ4n) is 1.71. The molecular formula is C11H11F2NO3. The van der Waals surface area contributed by atoms with Crippen molar-refractivity contribution in [3.8, 4) is 5.75 Å². The molecule has 1 heterocycles. The number of benzene rings is 1. The zero-order valence-electron chi connectivity index (χ0n) is 9.04. The molecule has 0 aromatic heterocycles. The standard InChI is InChI=1S/C11H11F2NO3/c1-6-2-3-7(8(15)4-6)9-11(12,13)5-17-10(16)14-9/h2-4,9,15H,5H2,1H3,(H,14,16)/t9-/m0/s1. The molecule has 92 valence electrons. The lowest BCUT2D eigenvalue weighted by molar-refractivity contribution is -0.104. The Morgan fingerprint density at radius 1 is 1.53 bits per heavy atom. The Morgan fingerprint density at radius 3 is 2.88 bits per heavy atom. The summed E-state index contributed by atoms with van der Waals surface area (Å²) in [4.78, 5) is 11.0. The van der Waals surface area contributed by atoms with Crippen LogP contribution >= 0.6 is 0 Å². The molecule has 1 saturated heterocycles. The molecule has 0 bridgehead atoms. The number of cyclic esters (lactones) is 1. The van der Waals surface area contributed by atoms with Crippen molar-refractivity contribution in [2.45, 2.75) is 18.9 Å². The number of nitrogens with one attached hydrogen (secondary N) is 1. The van der Waals surface area contributed by atoms with Gasteiger partial charge in [-0.1, -0.05) is 12.1 Å². The van der Waals surface area contributed by atoms with Crippen molar-refractivity contribution in [1.82, 2.24) is 5.32 Å². The summed E-state index contributed by atoms with van der Waals surface area (Å²) in [7, 11) is 0. The summed E-state index contributed by atoms with van der Waals surface area (Å²) in [5.74, 6) is -3.52. The van der Waals surface area contributed by atoms with Gasteiger partial charge in [-0.05, 0) is 18.6 Å². The average Bonchev–Trinajstić information content (AvgIpc) is 2.23. The number of aromatic hydroxyl groups is 1. The van der Waals surface area contributed by atoms with Crippen molar-refractivity contribution in [3.05, 3.63) is 29.3 Å². The van der Waals surface area contributed by atoms with Crippen molar-refractivity contribution in [1.29, 1.82) is 0 Å². The number of aryl methyl sites for hydroxylation is 1. The van der Waals surface area contributed by atoms with E-state index in [0.29, 0.717) is 0 Å². The molecule has 1 amide bonds. The quantitative estimate of drug-likeness (QED) is 0.794. The number of ether oxygens (including phenoxy) is 1. The number of carbonyl (C=O) groups excluding carboxylic acids is 1. The molecule has 2 N–H and O–H groups in total. The lowest BCUT2D eigenvalue weighted by atomic mass is 9.98. The first-order chi connectivity index (χ1) is 7.90. The van der Waals surface area contributed by atoms with Crippen LogP contribution < -0.4 is 5.32 Å². The van der Waals surface area contributed by atoms with Crippen molar-refractivity contribution in [3.63, 3.8) is 0 Å². The van der Waals surface area contributed by atoms with E-state index in [-0.39, 0.29) is 11.3 Å². The zero-order valence-corrected chi connectivity index (χ0v) is 9.04. The molecule has 0 unspecified atom stereocenters. The third kappa shape index (κ3) is 2.15. The summed E-state index contributed by atoms with van der Waals surface area (Å²) in [6, 6.07) is 2.76. The largest absolute Gasteiger partial charge is 0.508 e. The van der Waals surface area contributed by atoms with Gasteiger partial charge in [-0.15, -0.1) is 0 Å². The Kier molecular flexibility index (Phi) is 2.65. The summed E-state index contributed by atoms with van der Waals surface area (Å²) in [6.45, 7) is 0.737. The Labute approximate surface area is 96.2 Å². The van der Waals surface area contributed by atoms with Crippen LogP contribution in [0.3, 0.4) is 0 Å². The van der Waals surface area contributed by atoms with Crippen molar-refractivity contribution in [2.24, 2.45) is 0 Å². The number of rotatable bonds is 1. The van der Waals surface area contributed by atoms with Crippen LogP contribution in [0, 0.1) is 6.92 Å². The van der Waals surface area contributed by atoms with Crippen LogP contribution in [0.25, 0.3) is 0 Å². The third-order valence-corrected chi connectivity index (χ3v) is 2.58. The molecule has 1 aromatic rings. The topological polar surface area (TPSA) is 58.6 Å². The highest BCUT2D eigenvalue weighted by molar-refractivity contribution is 5.69. The summed E-state index contributed by atoms with van der Waals surface area (Å²) >= 11 is 0. The minimum Gasteiger partial charge on any atom is -0.508 e. The van der Waals surface area contributed by atoms with Gasteiger partial charge in [-0.3, -0.25) is 0 Å². The van der Waals surface area contributed by atoms with Gasteiger partial charge in [0, 0.05) is 5.56 Å². The normalized spacial score (nSPS) is 22.8. The second kappa shape index (κ2) is 3.87. The molecule has 1 fully saturated rings. The van der Waals surface area contributed by atoms with E-state index in [1.807, 2.05) is 5.32 Å². The van der Waals surface area contributed by atoms with Crippen LogP contribution in [0.4, 0.5) is 13.6 Å². The molecule has 0 spiro atoms. The molecule has 1 atom stereocenters. The number of alkyl halides is 2. The Morgan fingerprint density at radius 2 is 2.24 bits per heavy atom. The second-order valence-electron chi connectivity index (χ2n) is 3.98. The van der Waals surface area contributed by atoms with E-state index >= 15 is 0 Å². The SMILES string of the molecule is Cc1ccc([C@@H]2NC(=O)OCC2(F)F)c(O)c1. The number of phenols is 1. The van der Waals surface area contributed by atoms with Gasteiger partial charge in [0.25, 0.3) is 0 Å². The predicted molar refractivity (Wildman–Crippen MR) is 55.0 cm³/mol. The lowest BCUT2D eigenvalue weighted by Gasteiger charge is -2.32. The van der Waals surface area contributed by atoms with Crippen LogP contribution in [0.2, 0.25) is 0 Å². The van der Waals surface area contributed by atoms with Gasteiger partial charge < -0.3 is 15.2 Å². The Hall–Kier alpha value is -1.85. The lowest BCUT2D eigenvalue weighted by Crippen LogP contribution is -2.49. The molecule has 1 aliphatic heterocycles. The predicted octanol–water partition coefficient (Wildman–Crippen LogP) is 2.12.